The highest BCUT2D eigenvalue weighted by atomic mass is 16.6. The molecule has 0 saturated carbocycles. The van der Waals surface area contributed by atoms with Gasteiger partial charge in [-0.2, -0.15) is 0 Å². The molecule has 0 bridgehead atoms. The van der Waals surface area contributed by atoms with Crippen LogP contribution in [0.15, 0.2) is 18.2 Å². The van der Waals surface area contributed by atoms with Gasteiger partial charge in [0, 0.05) is 24.2 Å². The van der Waals surface area contributed by atoms with E-state index < -0.39 is 11.7 Å². The number of carbonyl (C=O) groups excluding carboxylic acids is 2. The fraction of sp³-hybridized carbons (Fsp3) is 0.565. The highest BCUT2D eigenvalue weighted by Gasteiger charge is 2.31. The van der Waals surface area contributed by atoms with Crippen LogP contribution in [0, 0.1) is 5.92 Å². The van der Waals surface area contributed by atoms with Crippen molar-refractivity contribution in [3.63, 3.8) is 0 Å². The molecule has 6 nitrogen and oxygen atoms in total. The Labute approximate surface area is 172 Å². The molecular weight excluding hydrogens is 366 g/mol. The van der Waals surface area contributed by atoms with Crippen LogP contribution in [0.25, 0.3) is 10.9 Å². The first-order chi connectivity index (χ1) is 13.7. The quantitative estimate of drug-likeness (QED) is 0.803. The second-order valence-corrected chi connectivity index (χ2v) is 9.54. The average Bonchev–Trinajstić information content (AvgIpc) is 3.23. The molecule has 2 amide bonds. The first kappa shape index (κ1) is 19.8. The number of alkyl carbamates (subject to hydrolysis) is 1. The number of aromatic nitrogens is 1. The third kappa shape index (κ3) is 4.11. The topological polar surface area (TPSA) is 74.4 Å². The zero-order chi connectivity index (χ0) is 20.8. The molecule has 2 heterocycles. The molecule has 2 unspecified atom stereocenters. The summed E-state index contributed by atoms with van der Waals surface area (Å²) in [5, 5.41) is 4.07. The van der Waals surface area contributed by atoms with Gasteiger partial charge in [0.25, 0.3) is 5.91 Å². The van der Waals surface area contributed by atoms with Crippen LogP contribution >= 0.6 is 0 Å². The van der Waals surface area contributed by atoms with Crippen molar-refractivity contribution in [2.45, 2.75) is 65.0 Å². The van der Waals surface area contributed by atoms with E-state index in [1.165, 1.54) is 23.1 Å². The number of aromatic amines is 1. The number of hydrogen-bond acceptors (Lipinski definition) is 3. The molecule has 1 saturated heterocycles. The third-order valence-electron chi connectivity index (χ3n) is 5.90. The molecule has 1 fully saturated rings. The van der Waals surface area contributed by atoms with E-state index in [0.29, 0.717) is 19.0 Å². The summed E-state index contributed by atoms with van der Waals surface area (Å²) in [6.07, 6.45) is 3.61. The second kappa shape index (κ2) is 7.39. The number of ether oxygens (including phenoxy) is 1. The van der Waals surface area contributed by atoms with E-state index in [9.17, 15) is 9.59 Å². The van der Waals surface area contributed by atoms with Gasteiger partial charge in [0.2, 0.25) is 0 Å². The van der Waals surface area contributed by atoms with Gasteiger partial charge in [-0.3, -0.25) is 4.79 Å². The van der Waals surface area contributed by atoms with Crippen LogP contribution in [0.4, 0.5) is 4.79 Å². The highest BCUT2D eigenvalue weighted by molar-refractivity contribution is 6.07. The molecule has 29 heavy (non-hydrogen) atoms. The predicted octanol–water partition coefficient (Wildman–Crippen LogP) is 4.03. The Morgan fingerprint density at radius 2 is 2.03 bits per heavy atom. The van der Waals surface area contributed by atoms with E-state index in [4.69, 9.17) is 4.74 Å². The monoisotopic (exact) mass is 397 g/mol. The van der Waals surface area contributed by atoms with Gasteiger partial charge in [-0.05, 0) is 64.0 Å². The predicted molar refractivity (Wildman–Crippen MR) is 113 cm³/mol. The van der Waals surface area contributed by atoms with Crippen molar-refractivity contribution in [3.05, 3.63) is 35.0 Å². The van der Waals surface area contributed by atoms with Gasteiger partial charge in [-0.15, -0.1) is 0 Å². The summed E-state index contributed by atoms with van der Waals surface area (Å²) < 4.78 is 5.33. The molecule has 1 aromatic carbocycles. The second-order valence-electron chi connectivity index (χ2n) is 9.54. The van der Waals surface area contributed by atoms with E-state index in [1.54, 1.807) is 0 Å². The normalized spacial score (nSPS) is 21.9. The summed E-state index contributed by atoms with van der Waals surface area (Å²) in [5.41, 5.74) is 3.81. The Bertz CT molecular complexity index is 941. The maximum Gasteiger partial charge on any atom is 0.407 e. The minimum atomic E-state index is -0.530. The van der Waals surface area contributed by atoms with Gasteiger partial charge in [0.1, 0.15) is 5.60 Å². The summed E-state index contributed by atoms with van der Waals surface area (Å²) in [6, 6.07) is 5.93. The van der Waals surface area contributed by atoms with Crippen molar-refractivity contribution in [2.75, 3.05) is 13.1 Å². The Morgan fingerprint density at radius 3 is 2.79 bits per heavy atom. The lowest BCUT2D eigenvalue weighted by Crippen LogP contribution is -2.41. The maximum atomic E-state index is 13.3. The van der Waals surface area contributed by atoms with Gasteiger partial charge in [-0.25, -0.2) is 4.79 Å². The number of amides is 2. The number of H-pyrrole nitrogens is 1. The molecule has 156 valence electrons. The molecule has 2 aliphatic rings. The zero-order valence-electron chi connectivity index (χ0n) is 17.8. The summed E-state index contributed by atoms with van der Waals surface area (Å²) in [5.74, 6) is 0.704. The van der Waals surface area contributed by atoms with E-state index >= 15 is 0 Å². The van der Waals surface area contributed by atoms with Crippen LogP contribution in [0.3, 0.4) is 0 Å². The number of para-hydroxylation sites is 1. The van der Waals surface area contributed by atoms with Crippen LogP contribution in [0.5, 0.6) is 0 Å². The van der Waals surface area contributed by atoms with E-state index in [2.05, 4.69) is 23.3 Å². The van der Waals surface area contributed by atoms with Gasteiger partial charge in [0.15, 0.2) is 0 Å². The lowest BCUT2D eigenvalue weighted by molar-refractivity contribution is 0.0502. The standard InChI is InChI=1S/C23H31N3O3/c1-14-8-9-19-18(12-14)16-6-5-7-17(20(16)25-19)21(27)26-11-10-15(13-26)24-22(28)29-23(2,3)4/h5-7,14-15,25H,8-13H2,1-4H3,(H,24,28). The number of rotatable bonds is 2. The summed E-state index contributed by atoms with van der Waals surface area (Å²) >= 11 is 0. The van der Waals surface area contributed by atoms with E-state index in [-0.39, 0.29) is 11.9 Å². The number of benzene rings is 1. The molecule has 2 aromatic rings. The number of aryl methyl sites for hydroxylation is 1. The fourth-order valence-electron chi connectivity index (χ4n) is 4.50. The van der Waals surface area contributed by atoms with Crippen LogP contribution in [0.1, 0.15) is 62.2 Å². The third-order valence-corrected chi connectivity index (χ3v) is 5.90. The number of nitrogens with one attached hydrogen (secondary N) is 2. The summed E-state index contributed by atoms with van der Waals surface area (Å²) in [7, 11) is 0. The van der Waals surface area contributed by atoms with Crippen LogP contribution < -0.4 is 5.32 Å². The number of fused-ring (bicyclic) bond motifs is 3. The molecule has 0 radical (unpaired) electrons. The maximum absolute atomic E-state index is 13.3. The minimum Gasteiger partial charge on any atom is -0.444 e. The van der Waals surface area contributed by atoms with Crippen molar-refractivity contribution in [1.29, 1.82) is 0 Å². The Kier molecular flexibility index (Phi) is 5.05. The number of carbonyl (C=O) groups is 2. The summed E-state index contributed by atoms with van der Waals surface area (Å²) in [4.78, 5) is 30.7. The molecular formula is C23H31N3O3. The lowest BCUT2D eigenvalue weighted by atomic mass is 9.87. The Hall–Kier alpha value is -2.50. The van der Waals surface area contributed by atoms with Crippen molar-refractivity contribution in [2.24, 2.45) is 5.92 Å². The van der Waals surface area contributed by atoms with Gasteiger partial charge in [0.05, 0.1) is 17.1 Å². The molecule has 2 atom stereocenters. The average molecular weight is 398 g/mol. The molecule has 1 aromatic heterocycles. The minimum absolute atomic E-state index is 0.0238. The molecule has 4 rings (SSSR count). The van der Waals surface area contributed by atoms with Crippen molar-refractivity contribution < 1.29 is 14.3 Å². The Balaban J connectivity index is 1.49. The molecule has 6 heteroatoms. The van der Waals surface area contributed by atoms with E-state index in [0.717, 1.165) is 30.3 Å². The van der Waals surface area contributed by atoms with Gasteiger partial charge >= 0.3 is 6.09 Å². The van der Waals surface area contributed by atoms with Gasteiger partial charge in [-0.1, -0.05) is 19.1 Å². The smallest absolute Gasteiger partial charge is 0.407 e. The number of hydrogen-bond donors (Lipinski definition) is 2. The first-order valence-corrected chi connectivity index (χ1v) is 10.6. The number of nitrogens with zero attached hydrogens (tertiary/aromatic N) is 1. The molecule has 1 aliphatic carbocycles. The molecule has 1 aliphatic heterocycles. The van der Waals surface area contributed by atoms with Crippen LogP contribution in [-0.4, -0.2) is 46.6 Å². The zero-order valence-corrected chi connectivity index (χ0v) is 17.8. The first-order valence-electron chi connectivity index (χ1n) is 10.6. The van der Waals surface area contributed by atoms with Crippen molar-refractivity contribution in [3.8, 4) is 0 Å². The van der Waals surface area contributed by atoms with Crippen LogP contribution in [-0.2, 0) is 17.6 Å². The van der Waals surface area contributed by atoms with E-state index in [1.807, 2.05) is 37.8 Å². The van der Waals surface area contributed by atoms with Crippen molar-refractivity contribution >= 4 is 22.9 Å². The fourth-order valence-corrected chi connectivity index (χ4v) is 4.50. The molecule has 2 N–H and O–H groups in total. The Morgan fingerprint density at radius 1 is 1.24 bits per heavy atom. The highest BCUT2D eigenvalue weighted by Crippen LogP contribution is 2.33. The SMILES string of the molecule is CC1CCc2[nH]c3c(C(=O)N4CCC(NC(=O)OC(C)(C)C)C4)cccc3c2C1. The van der Waals surface area contributed by atoms with Crippen LogP contribution in [0.2, 0.25) is 0 Å². The number of likely N-dealkylation sites (tertiary alicyclic amines) is 1. The lowest BCUT2D eigenvalue weighted by Gasteiger charge is -2.22. The summed E-state index contributed by atoms with van der Waals surface area (Å²) in [6.45, 7) is 8.95. The largest absolute Gasteiger partial charge is 0.444 e. The molecule has 0 spiro atoms. The van der Waals surface area contributed by atoms with Gasteiger partial charge < -0.3 is 19.9 Å². The van der Waals surface area contributed by atoms with Crippen molar-refractivity contribution in [1.82, 2.24) is 15.2 Å².